The average Bonchev–Trinajstić information content (AvgIpc) is 2.35. The van der Waals surface area contributed by atoms with E-state index >= 15 is 0 Å². The van der Waals surface area contributed by atoms with Gasteiger partial charge in [0.15, 0.2) is 0 Å². The van der Waals surface area contributed by atoms with Crippen LogP contribution >= 0.6 is 0 Å². The topological polar surface area (TPSA) is 36.1 Å². The van der Waals surface area contributed by atoms with Gasteiger partial charge in [0.25, 0.3) is 0 Å². The van der Waals surface area contributed by atoms with E-state index < -0.39 is 0 Å². The minimum Gasteiger partial charge on any atom is -0.284 e. The molecule has 0 aliphatic carbocycles. The summed E-state index contributed by atoms with van der Waals surface area (Å²) in [5.41, 5.74) is 6.80. The van der Waals surface area contributed by atoms with Crippen molar-refractivity contribution in [1.29, 1.82) is 0 Å². The molecule has 3 nitrogen and oxygen atoms in total. The summed E-state index contributed by atoms with van der Waals surface area (Å²) >= 11 is 0. The maximum atomic E-state index is 3.51. The fraction of sp³-hybridized carbons (Fsp3) is 1.00. The second kappa shape index (κ2) is 3.73. The molecule has 1 fully saturated rings. The summed E-state index contributed by atoms with van der Waals surface area (Å²) < 4.78 is 0. The van der Waals surface area contributed by atoms with Gasteiger partial charge in [-0.2, -0.15) is 0 Å². The lowest BCUT2D eigenvalue weighted by molar-refractivity contribution is 0.261. The first kappa shape index (κ1) is 9.96. The van der Waals surface area contributed by atoms with Crippen molar-refractivity contribution >= 4 is 0 Å². The predicted octanol–water partition coefficient (Wildman–Crippen LogP) is 1.18. The van der Waals surface area contributed by atoms with Crippen LogP contribution in [-0.2, 0) is 0 Å². The van der Waals surface area contributed by atoms with Gasteiger partial charge in [0.2, 0.25) is 0 Å². The molecule has 72 valence electrons. The standard InChI is InChI=1S/C9H21N3/c1-5-6-7-10-8(12-11-7)9(2,3)4/h7-8,10-12H,5-6H2,1-4H3. The molecule has 0 radical (unpaired) electrons. The van der Waals surface area contributed by atoms with Gasteiger partial charge < -0.3 is 0 Å². The van der Waals surface area contributed by atoms with Crippen LogP contribution in [0.15, 0.2) is 0 Å². The van der Waals surface area contributed by atoms with Crippen molar-refractivity contribution in [2.75, 3.05) is 0 Å². The van der Waals surface area contributed by atoms with Crippen LogP contribution < -0.4 is 16.2 Å². The first-order chi connectivity index (χ1) is 5.54. The molecule has 0 spiro atoms. The summed E-state index contributed by atoms with van der Waals surface area (Å²) in [6.07, 6.45) is 3.22. The van der Waals surface area contributed by atoms with E-state index in [-0.39, 0.29) is 5.41 Å². The van der Waals surface area contributed by atoms with Crippen molar-refractivity contribution < 1.29 is 0 Å². The quantitative estimate of drug-likeness (QED) is 0.584. The van der Waals surface area contributed by atoms with Crippen LogP contribution in [0.5, 0.6) is 0 Å². The maximum Gasteiger partial charge on any atom is 0.0765 e. The Labute approximate surface area is 75.3 Å². The van der Waals surface area contributed by atoms with Crippen LogP contribution in [0.25, 0.3) is 0 Å². The van der Waals surface area contributed by atoms with E-state index in [4.69, 9.17) is 0 Å². The Bertz CT molecular complexity index is 139. The summed E-state index contributed by atoms with van der Waals surface area (Å²) in [4.78, 5) is 0. The minimum absolute atomic E-state index is 0.273. The van der Waals surface area contributed by atoms with E-state index in [1.165, 1.54) is 12.8 Å². The van der Waals surface area contributed by atoms with Crippen LogP contribution in [0.2, 0.25) is 0 Å². The fourth-order valence-corrected chi connectivity index (χ4v) is 1.38. The van der Waals surface area contributed by atoms with Crippen LogP contribution in [0.3, 0.4) is 0 Å². The summed E-state index contributed by atoms with van der Waals surface area (Å²) in [6, 6.07) is 0. The zero-order valence-electron chi connectivity index (χ0n) is 8.57. The molecule has 1 saturated heterocycles. The molecule has 12 heavy (non-hydrogen) atoms. The van der Waals surface area contributed by atoms with Gasteiger partial charge >= 0.3 is 0 Å². The fourth-order valence-electron chi connectivity index (χ4n) is 1.38. The number of nitrogens with one attached hydrogen (secondary N) is 3. The van der Waals surface area contributed by atoms with E-state index in [2.05, 4.69) is 43.9 Å². The highest BCUT2D eigenvalue weighted by molar-refractivity contribution is 4.84. The summed E-state index contributed by atoms with van der Waals surface area (Å²) in [5, 5.41) is 3.51. The highest BCUT2D eigenvalue weighted by Crippen LogP contribution is 2.19. The number of hydrazine groups is 1. The molecule has 2 unspecified atom stereocenters. The first-order valence-electron chi connectivity index (χ1n) is 4.81. The second-order valence-electron chi connectivity index (χ2n) is 4.60. The first-order valence-corrected chi connectivity index (χ1v) is 4.81. The summed E-state index contributed by atoms with van der Waals surface area (Å²) in [6.45, 7) is 8.89. The minimum atomic E-state index is 0.273. The Morgan fingerprint density at radius 1 is 1.17 bits per heavy atom. The predicted molar refractivity (Wildman–Crippen MR) is 51.3 cm³/mol. The van der Waals surface area contributed by atoms with E-state index in [1.54, 1.807) is 0 Å². The molecule has 0 amide bonds. The third-order valence-electron chi connectivity index (χ3n) is 2.21. The summed E-state index contributed by atoms with van der Waals surface area (Å²) in [7, 11) is 0. The van der Waals surface area contributed by atoms with Gasteiger partial charge in [-0.25, -0.2) is 10.9 Å². The van der Waals surface area contributed by atoms with Gasteiger partial charge in [0.1, 0.15) is 0 Å². The lowest BCUT2D eigenvalue weighted by Crippen LogP contribution is -2.44. The van der Waals surface area contributed by atoms with E-state index in [9.17, 15) is 0 Å². The Kier molecular flexibility index (Phi) is 3.09. The highest BCUT2D eigenvalue weighted by atomic mass is 15.5. The van der Waals surface area contributed by atoms with Gasteiger partial charge in [-0.3, -0.25) is 5.32 Å². The maximum absolute atomic E-state index is 3.51. The zero-order valence-corrected chi connectivity index (χ0v) is 8.57. The summed E-state index contributed by atoms with van der Waals surface area (Å²) in [5.74, 6) is 0. The van der Waals surface area contributed by atoms with Crippen molar-refractivity contribution in [1.82, 2.24) is 16.2 Å². The molecule has 0 aromatic rings. The molecule has 0 bridgehead atoms. The number of hydrogen-bond acceptors (Lipinski definition) is 3. The molecular formula is C9H21N3. The van der Waals surface area contributed by atoms with Gasteiger partial charge in [-0.05, 0) is 11.8 Å². The van der Waals surface area contributed by atoms with Crippen LogP contribution in [0.4, 0.5) is 0 Å². The second-order valence-corrected chi connectivity index (χ2v) is 4.60. The van der Waals surface area contributed by atoms with E-state index in [0.29, 0.717) is 12.3 Å². The van der Waals surface area contributed by atoms with Crippen LogP contribution in [0, 0.1) is 5.41 Å². The number of rotatable bonds is 2. The monoisotopic (exact) mass is 171 g/mol. The highest BCUT2D eigenvalue weighted by Gasteiger charge is 2.30. The molecular weight excluding hydrogens is 150 g/mol. The zero-order chi connectivity index (χ0) is 9.19. The largest absolute Gasteiger partial charge is 0.284 e. The van der Waals surface area contributed by atoms with E-state index in [1.807, 2.05) is 0 Å². The van der Waals surface area contributed by atoms with Crippen LogP contribution in [0.1, 0.15) is 40.5 Å². The molecule has 3 heteroatoms. The SMILES string of the molecule is CCCC1NNC(C(C)(C)C)N1. The molecule has 1 heterocycles. The van der Waals surface area contributed by atoms with Crippen molar-refractivity contribution in [3.63, 3.8) is 0 Å². The smallest absolute Gasteiger partial charge is 0.0765 e. The molecule has 1 aliphatic rings. The van der Waals surface area contributed by atoms with Crippen molar-refractivity contribution in [3.8, 4) is 0 Å². The third-order valence-corrected chi connectivity index (χ3v) is 2.21. The van der Waals surface area contributed by atoms with Crippen molar-refractivity contribution in [2.24, 2.45) is 5.41 Å². The molecule has 1 rings (SSSR count). The van der Waals surface area contributed by atoms with Gasteiger partial charge in [0.05, 0.1) is 12.3 Å². The molecule has 0 aromatic heterocycles. The molecule has 0 aromatic carbocycles. The van der Waals surface area contributed by atoms with Crippen molar-refractivity contribution in [3.05, 3.63) is 0 Å². The lowest BCUT2D eigenvalue weighted by atomic mass is 9.93. The average molecular weight is 171 g/mol. The Morgan fingerprint density at radius 3 is 2.25 bits per heavy atom. The lowest BCUT2D eigenvalue weighted by Gasteiger charge is -2.26. The molecule has 2 atom stereocenters. The Hall–Kier alpha value is -0.120. The van der Waals surface area contributed by atoms with Crippen LogP contribution in [-0.4, -0.2) is 12.3 Å². The molecule has 1 aliphatic heterocycles. The normalized spacial score (nSPS) is 31.0. The van der Waals surface area contributed by atoms with Gasteiger partial charge in [-0.1, -0.05) is 34.1 Å². The Balaban J connectivity index is 2.35. The molecule has 3 N–H and O–H groups in total. The third kappa shape index (κ3) is 2.44. The Morgan fingerprint density at radius 2 is 1.83 bits per heavy atom. The van der Waals surface area contributed by atoms with Gasteiger partial charge in [0, 0.05) is 0 Å². The number of hydrogen-bond donors (Lipinski definition) is 3. The van der Waals surface area contributed by atoms with Gasteiger partial charge in [-0.15, -0.1) is 0 Å². The van der Waals surface area contributed by atoms with E-state index in [0.717, 1.165) is 0 Å². The van der Waals surface area contributed by atoms with Crippen molar-refractivity contribution in [2.45, 2.75) is 52.9 Å². The molecule has 0 saturated carbocycles.